The number of rotatable bonds is 6. The first-order valence-corrected chi connectivity index (χ1v) is 8.07. The molecule has 1 amide bonds. The van der Waals surface area contributed by atoms with Crippen LogP contribution in [0, 0.1) is 13.8 Å². The van der Waals surface area contributed by atoms with Crippen LogP contribution in [0.4, 0.5) is 5.69 Å². The molecule has 2 aromatic rings. The number of hydrogen-bond acceptors (Lipinski definition) is 3. The molecule has 24 heavy (non-hydrogen) atoms. The van der Waals surface area contributed by atoms with E-state index in [0.717, 1.165) is 22.4 Å². The highest BCUT2D eigenvalue weighted by Crippen LogP contribution is 2.17. The van der Waals surface area contributed by atoms with Crippen molar-refractivity contribution in [2.45, 2.75) is 39.7 Å². The van der Waals surface area contributed by atoms with Gasteiger partial charge in [-0.05, 0) is 49.9 Å². The molecule has 1 unspecified atom stereocenters. The van der Waals surface area contributed by atoms with Crippen molar-refractivity contribution in [2.24, 2.45) is 0 Å². The Bertz CT molecular complexity index is 710. The SMILES string of the molecule is Cc1ccc(C)c(NC(=O)C(C)OC(=O)CCc2ccccc2)c1. The fourth-order valence-electron chi connectivity index (χ4n) is 2.31. The molecular formula is C20H23NO3. The van der Waals surface area contributed by atoms with Crippen LogP contribution in [-0.4, -0.2) is 18.0 Å². The third-order valence-corrected chi connectivity index (χ3v) is 3.79. The van der Waals surface area contributed by atoms with Crippen LogP contribution in [0.15, 0.2) is 48.5 Å². The summed E-state index contributed by atoms with van der Waals surface area (Å²) in [5.41, 5.74) is 3.84. The Hall–Kier alpha value is -2.62. The van der Waals surface area contributed by atoms with Crippen LogP contribution in [0.5, 0.6) is 0 Å². The van der Waals surface area contributed by atoms with Gasteiger partial charge in [-0.3, -0.25) is 9.59 Å². The van der Waals surface area contributed by atoms with Crippen LogP contribution >= 0.6 is 0 Å². The first kappa shape index (κ1) is 17.7. The molecule has 0 spiro atoms. The molecule has 0 radical (unpaired) electrons. The van der Waals surface area contributed by atoms with Gasteiger partial charge in [0.1, 0.15) is 0 Å². The van der Waals surface area contributed by atoms with Gasteiger partial charge < -0.3 is 10.1 Å². The van der Waals surface area contributed by atoms with Crippen molar-refractivity contribution in [3.8, 4) is 0 Å². The van der Waals surface area contributed by atoms with Crippen LogP contribution in [0.3, 0.4) is 0 Å². The summed E-state index contributed by atoms with van der Waals surface area (Å²) in [6.07, 6.45) is 0.0315. The number of carbonyl (C=O) groups excluding carboxylic acids is 2. The highest BCUT2D eigenvalue weighted by Gasteiger charge is 2.18. The standard InChI is InChI=1S/C20H23NO3/c1-14-9-10-15(2)18(13-14)21-20(23)16(3)24-19(22)12-11-17-7-5-4-6-8-17/h4-10,13,16H,11-12H2,1-3H3,(H,21,23). The summed E-state index contributed by atoms with van der Waals surface area (Å²) in [5.74, 6) is -0.695. The van der Waals surface area contributed by atoms with Gasteiger partial charge in [0, 0.05) is 12.1 Å². The van der Waals surface area contributed by atoms with Crippen molar-refractivity contribution in [3.05, 3.63) is 65.2 Å². The molecule has 0 aromatic heterocycles. The average molecular weight is 325 g/mol. The van der Waals surface area contributed by atoms with Gasteiger partial charge in [0.25, 0.3) is 5.91 Å². The molecule has 1 atom stereocenters. The summed E-state index contributed by atoms with van der Waals surface area (Å²) in [6, 6.07) is 15.5. The van der Waals surface area contributed by atoms with Crippen molar-refractivity contribution >= 4 is 17.6 Å². The van der Waals surface area contributed by atoms with Crippen molar-refractivity contribution in [3.63, 3.8) is 0 Å². The third kappa shape index (κ3) is 5.23. The van der Waals surface area contributed by atoms with E-state index in [4.69, 9.17) is 4.74 Å². The second kappa shape index (κ2) is 8.29. The van der Waals surface area contributed by atoms with E-state index in [1.807, 2.05) is 62.4 Å². The predicted molar refractivity (Wildman–Crippen MR) is 94.9 cm³/mol. The fourth-order valence-corrected chi connectivity index (χ4v) is 2.31. The molecule has 0 bridgehead atoms. The Morgan fingerprint density at radius 3 is 2.50 bits per heavy atom. The van der Waals surface area contributed by atoms with Gasteiger partial charge >= 0.3 is 5.97 Å². The summed E-state index contributed by atoms with van der Waals surface area (Å²) >= 11 is 0. The first-order valence-electron chi connectivity index (χ1n) is 8.07. The lowest BCUT2D eigenvalue weighted by atomic mass is 10.1. The summed E-state index contributed by atoms with van der Waals surface area (Å²) in [7, 11) is 0. The Morgan fingerprint density at radius 2 is 1.79 bits per heavy atom. The summed E-state index contributed by atoms with van der Waals surface area (Å²) in [5, 5.41) is 2.81. The smallest absolute Gasteiger partial charge is 0.306 e. The molecule has 0 fully saturated rings. The number of aryl methyl sites for hydroxylation is 3. The summed E-state index contributed by atoms with van der Waals surface area (Å²) in [6.45, 7) is 5.47. The molecule has 0 heterocycles. The van der Waals surface area contributed by atoms with Crippen LogP contribution < -0.4 is 5.32 Å². The Kier molecular flexibility index (Phi) is 6.13. The van der Waals surface area contributed by atoms with Crippen LogP contribution in [0.2, 0.25) is 0 Å². The lowest BCUT2D eigenvalue weighted by Gasteiger charge is -2.15. The second-order valence-corrected chi connectivity index (χ2v) is 5.93. The second-order valence-electron chi connectivity index (χ2n) is 5.93. The maximum Gasteiger partial charge on any atom is 0.306 e. The van der Waals surface area contributed by atoms with E-state index < -0.39 is 6.10 Å². The zero-order chi connectivity index (χ0) is 17.5. The predicted octanol–water partition coefficient (Wildman–Crippen LogP) is 3.81. The maximum absolute atomic E-state index is 12.2. The number of esters is 1. The molecule has 2 rings (SSSR count). The topological polar surface area (TPSA) is 55.4 Å². The molecular weight excluding hydrogens is 302 g/mol. The van der Waals surface area contributed by atoms with E-state index in [1.54, 1.807) is 6.92 Å². The Balaban J connectivity index is 1.84. The summed E-state index contributed by atoms with van der Waals surface area (Å²) < 4.78 is 5.23. The minimum atomic E-state index is -0.826. The van der Waals surface area contributed by atoms with Gasteiger partial charge in [-0.25, -0.2) is 0 Å². The van der Waals surface area contributed by atoms with Gasteiger partial charge in [-0.2, -0.15) is 0 Å². The van der Waals surface area contributed by atoms with Crippen LogP contribution in [-0.2, 0) is 20.7 Å². The van der Waals surface area contributed by atoms with E-state index in [2.05, 4.69) is 5.32 Å². The zero-order valence-corrected chi connectivity index (χ0v) is 14.3. The number of benzene rings is 2. The monoisotopic (exact) mass is 325 g/mol. The van der Waals surface area contributed by atoms with E-state index in [9.17, 15) is 9.59 Å². The highest BCUT2D eigenvalue weighted by atomic mass is 16.5. The number of hydrogen-bond donors (Lipinski definition) is 1. The number of ether oxygens (including phenoxy) is 1. The largest absolute Gasteiger partial charge is 0.453 e. The molecule has 1 N–H and O–H groups in total. The van der Waals surface area contributed by atoms with Crippen molar-refractivity contribution in [1.82, 2.24) is 0 Å². The van der Waals surface area contributed by atoms with Gasteiger partial charge in [-0.1, -0.05) is 42.5 Å². The van der Waals surface area contributed by atoms with E-state index in [1.165, 1.54) is 0 Å². The van der Waals surface area contributed by atoms with E-state index in [-0.39, 0.29) is 18.3 Å². The highest BCUT2D eigenvalue weighted by molar-refractivity contribution is 5.95. The van der Waals surface area contributed by atoms with E-state index in [0.29, 0.717) is 6.42 Å². The molecule has 0 saturated heterocycles. The minimum Gasteiger partial charge on any atom is -0.453 e. The lowest BCUT2D eigenvalue weighted by Crippen LogP contribution is -2.30. The van der Waals surface area contributed by atoms with Crippen molar-refractivity contribution in [2.75, 3.05) is 5.32 Å². The van der Waals surface area contributed by atoms with Crippen LogP contribution in [0.25, 0.3) is 0 Å². The molecule has 2 aromatic carbocycles. The maximum atomic E-state index is 12.2. The Labute approximate surface area is 142 Å². The normalized spacial score (nSPS) is 11.6. The third-order valence-electron chi connectivity index (χ3n) is 3.79. The number of anilines is 1. The van der Waals surface area contributed by atoms with Gasteiger partial charge in [-0.15, -0.1) is 0 Å². The number of amides is 1. The van der Waals surface area contributed by atoms with E-state index >= 15 is 0 Å². The Morgan fingerprint density at radius 1 is 1.08 bits per heavy atom. The number of nitrogens with one attached hydrogen (secondary N) is 1. The molecule has 4 nitrogen and oxygen atoms in total. The lowest BCUT2D eigenvalue weighted by molar-refractivity contribution is -0.153. The van der Waals surface area contributed by atoms with Gasteiger partial charge in [0.15, 0.2) is 6.10 Å². The van der Waals surface area contributed by atoms with Crippen molar-refractivity contribution < 1.29 is 14.3 Å². The number of carbonyl (C=O) groups is 2. The molecule has 0 aliphatic rings. The quantitative estimate of drug-likeness (QED) is 0.822. The minimum absolute atomic E-state index is 0.255. The molecule has 0 saturated carbocycles. The van der Waals surface area contributed by atoms with Gasteiger partial charge in [0.05, 0.1) is 0 Å². The zero-order valence-electron chi connectivity index (χ0n) is 14.3. The van der Waals surface area contributed by atoms with Crippen molar-refractivity contribution in [1.29, 1.82) is 0 Å². The molecule has 126 valence electrons. The molecule has 0 aliphatic heterocycles. The fraction of sp³-hybridized carbons (Fsp3) is 0.300. The molecule has 0 aliphatic carbocycles. The van der Waals surface area contributed by atoms with Gasteiger partial charge in [0.2, 0.25) is 0 Å². The first-order chi connectivity index (χ1) is 11.5. The average Bonchev–Trinajstić information content (AvgIpc) is 2.57. The van der Waals surface area contributed by atoms with Crippen LogP contribution in [0.1, 0.15) is 30.0 Å². The summed E-state index contributed by atoms with van der Waals surface area (Å²) in [4.78, 5) is 24.1. The molecule has 4 heteroatoms.